The molecule has 3 aromatic rings. The van der Waals surface area contributed by atoms with E-state index >= 15 is 0 Å². The van der Waals surface area contributed by atoms with Crippen molar-refractivity contribution >= 4 is 12.0 Å². The molecule has 0 N–H and O–H groups in total. The first kappa shape index (κ1) is 21.0. The molecule has 0 aliphatic carbocycles. The zero-order chi connectivity index (χ0) is 21.5. The van der Waals surface area contributed by atoms with Crippen LogP contribution in [0.3, 0.4) is 0 Å². The molecular weight excluding hydrogens is 391 g/mol. The fourth-order valence-electron chi connectivity index (χ4n) is 2.63. The van der Waals surface area contributed by atoms with Gasteiger partial charge in [-0.05, 0) is 55.8 Å². The van der Waals surface area contributed by atoms with E-state index in [0.717, 1.165) is 5.56 Å². The number of hydrogen-bond donors (Lipinski definition) is 0. The van der Waals surface area contributed by atoms with Crippen LogP contribution in [0.4, 0.5) is 4.39 Å². The summed E-state index contributed by atoms with van der Waals surface area (Å²) in [5.74, 6) is 0.280. The van der Waals surface area contributed by atoms with Crippen LogP contribution >= 0.6 is 0 Å². The van der Waals surface area contributed by atoms with Gasteiger partial charge in [0.25, 0.3) is 5.89 Å². The van der Waals surface area contributed by atoms with Crippen LogP contribution in [-0.2, 0) is 9.53 Å². The first-order chi connectivity index (χ1) is 14.5. The lowest BCUT2D eigenvalue weighted by atomic mass is 10.2. The number of aromatic nitrogens is 2. The van der Waals surface area contributed by atoms with Crippen LogP contribution in [0, 0.1) is 5.82 Å². The van der Waals surface area contributed by atoms with Gasteiger partial charge in [-0.15, -0.1) is 10.2 Å². The number of rotatable bonds is 8. The van der Waals surface area contributed by atoms with E-state index in [1.807, 2.05) is 25.1 Å². The Balaban J connectivity index is 1.58. The van der Waals surface area contributed by atoms with E-state index in [-0.39, 0.29) is 24.2 Å². The summed E-state index contributed by atoms with van der Waals surface area (Å²) < 4.78 is 34.7. The molecule has 156 valence electrons. The third-order valence-electron chi connectivity index (χ3n) is 4.08. The lowest BCUT2D eigenvalue weighted by molar-refractivity contribution is -0.152. The maximum absolute atomic E-state index is 13.0. The Morgan fingerprint density at radius 2 is 1.93 bits per heavy atom. The second-order valence-corrected chi connectivity index (χ2v) is 6.28. The molecule has 7 nitrogen and oxygen atoms in total. The molecule has 30 heavy (non-hydrogen) atoms. The van der Waals surface area contributed by atoms with Crippen molar-refractivity contribution in [3.8, 4) is 23.0 Å². The Bertz CT molecular complexity index is 1030. The van der Waals surface area contributed by atoms with Gasteiger partial charge < -0.3 is 18.6 Å². The molecule has 1 aromatic heterocycles. The number of hydrogen-bond acceptors (Lipinski definition) is 7. The maximum Gasteiger partial charge on any atom is 0.344 e. The van der Waals surface area contributed by atoms with Gasteiger partial charge in [0.1, 0.15) is 5.82 Å². The van der Waals surface area contributed by atoms with Crippen LogP contribution in [0.25, 0.3) is 17.5 Å². The molecule has 0 saturated carbocycles. The second-order valence-electron chi connectivity index (χ2n) is 6.28. The summed E-state index contributed by atoms with van der Waals surface area (Å²) in [4.78, 5) is 12.2. The average Bonchev–Trinajstić information content (AvgIpc) is 3.24. The van der Waals surface area contributed by atoms with E-state index < -0.39 is 12.1 Å². The van der Waals surface area contributed by atoms with Crippen molar-refractivity contribution in [3.63, 3.8) is 0 Å². The van der Waals surface area contributed by atoms with E-state index in [4.69, 9.17) is 18.6 Å². The van der Waals surface area contributed by atoms with Crippen molar-refractivity contribution in [1.82, 2.24) is 10.2 Å². The lowest BCUT2D eigenvalue weighted by Crippen LogP contribution is -2.17. The highest BCUT2D eigenvalue weighted by Crippen LogP contribution is 2.29. The number of ether oxygens (including phenoxy) is 3. The smallest absolute Gasteiger partial charge is 0.344 e. The fourth-order valence-corrected chi connectivity index (χ4v) is 2.63. The van der Waals surface area contributed by atoms with Gasteiger partial charge in [0.15, 0.2) is 24.2 Å². The molecular formula is C22H21FN2O5. The van der Waals surface area contributed by atoms with Gasteiger partial charge in [-0.1, -0.05) is 18.2 Å². The number of benzene rings is 2. The number of esters is 1. The fraction of sp³-hybridized carbons (Fsp3) is 0.227. The minimum absolute atomic E-state index is 0.121. The second kappa shape index (κ2) is 9.69. The Morgan fingerprint density at radius 3 is 2.63 bits per heavy atom. The number of carbonyl (C=O) groups excluding carboxylic acids is 1. The first-order valence-corrected chi connectivity index (χ1v) is 9.22. The van der Waals surface area contributed by atoms with Crippen LogP contribution in [0.15, 0.2) is 53.0 Å². The van der Waals surface area contributed by atoms with E-state index in [9.17, 15) is 9.18 Å². The van der Waals surface area contributed by atoms with Gasteiger partial charge in [0.05, 0.1) is 7.11 Å². The lowest BCUT2D eigenvalue weighted by Gasteiger charge is -2.12. The molecule has 8 heteroatoms. The summed E-state index contributed by atoms with van der Waals surface area (Å²) in [6.07, 6.45) is 3.06. The maximum atomic E-state index is 13.0. The van der Waals surface area contributed by atoms with Crippen molar-refractivity contribution < 1.29 is 27.8 Å². The largest absolute Gasteiger partial charge is 0.493 e. The van der Waals surface area contributed by atoms with Crippen LogP contribution in [0.5, 0.6) is 11.5 Å². The molecule has 0 radical (unpaired) electrons. The van der Waals surface area contributed by atoms with Gasteiger partial charge in [0.2, 0.25) is 5.89 Å². The van der Waals surface area contributed by atoms with Crippen molar-refractivity contribution in [3.05, 3.63) is 65.8 Å². The highest BCUT2D eigenvalue weighted by molar-refractivity contribution is 5.71. The Labute approximate surface area is 173 Å². The molecule has 0 spiro atoms. The highest BCUT2D eigenvalue weighted by Gasteiger charge is 2.20. The van der Waals surface area contributed by atoms with Gasteiger partial charge in [-0.25, -0.2) is 9.18 Å². The van der Waals surface area contributed by atoms with Crippen LogP contribution in [-0.4, -0.2) is 29.9 Å². The summed E-state index contributed by atoms with van der Waals surface area (Å²) in [5, 5.41) is 7.79. The first-order valence-electron chi connectivity index (χ1n) is 9.22. The monoisotopic (exact) mass is 412 g/mol. The number of nitrogens with zero attached hydrogens (tertiary/aromatic N) is 2. The molecule has 0 aliphatic rings. The molecule has 3 rings (SSSR count). The van der Waals surface area contributed by atoms with Crippen LogP contribution < -0.4 is 9.47 Å². The summed E-state index contributed by atoms with van der Waals surface area (Å²) in [6.45, 7) is 3.20. The van der Waals surface area contributed by atoms with E-state index in [2.05, 4.69) is 10.2 Å². The Kier molecular flexibility index (Phi) is 6.79. The van der Waals surface area contributed by atoms with Crippen molar-refractivity contribution in [2.45, 2.75) is 20.0 Å². The standard InChI is InChI=1S/C22H21FN2O5/c1-4-5-15-6-11-18(19(12-15)27-3)28-13-20(26)29-14(2)21-24-25-22(30-21)16-7-9-17(23)10-8-16/h4-12,14H,13H2,1-3H3/b5-4+/t14-/m1/s1. The number of halogens is 1. The average molecular weight is 412 g/mol. The van der Waals surface area contributed by atoms with Gasteiger partial charge in [0, 0.05) is 5.56 Å². The minimum Gasteiger partial charge on any atom is -0.493 e. The third kappa shape index (κ3) is 5.22. The number of carbonyl (C=O) groups is 1. The van der Waals surface area contributed by atoms with Gasteiger partial charge in [-0.2, -0.15) is 0 Å². The van der Waals surface area contributed by atoms with E-state index in [1.54, 1.807) is 19.1 Å². The quantitative estimate of drug-likeness (QED) is 0.500. The van der Waals surface area contributed by atoms with Crippen molar-refractivity contribution in [2.75, 3.05) is 13.7 Å². The summed E-state index contributed by atoms with van der Waals surface area (Å²) in [5.41, 5.74) is 1.51. The zero-order valence-corrected chi connectivity index (χ0v) is 16.8. The van der Waals surface area contributed by atoms with E-state index in [0.29, 0.717) is 17.1 Å². The minimum atomic E-state index is -0.776. The summed E-state index contributed by atoms with van der Waals surface area (Å²) in [7, 11) is 1.52. The van der Waals surface area contributed by atoms with Crippen molar-refractivity contribution in [2.24, 2.45) is 0 Å². The normalized spacial score (nSPS) is 12.0. The SMILES string of the molecule is C/C=C/c1ccc(OCC(=O)O[C@H](C)c2nnc(-c3ccc(F)cc3)o2)c(OC)c1. The molecule has 1 atom stereocenters. The van der Waals surface area contributed by atoms with Crippen molar-refractivity contribution in [1.29, 1.82) is 0 Å². The van der Waals surface area contributed by atoms with Gasteiger partial charge >= 0.3 is 5.97 Å². The molecule has 0 amide bonds. The molecule has 0 bridgehead atoms. The summed E-state index contributed by atoms with van der Waals surface area (Å²) >= 11 is 0. The highest BCUT2D eigenvalue weighted by atomic mass is 19.1. The third-order valence-corrected chi connectivity index (χ3v) is 4.08. The topological polar surface area (TPSA) is 83.7 Å². The van der Waals surface area contributed by atoms with Crippen LogP contribution in [0.1, 0.15) is 31.4 Å². The molecule has 0 unspecified atom stereocenters. The number of allylic oxidation sites excluding steroid dienone is 1. The predicted octanol–water partition coefficient (Wildman–Crippen LogP) is 4.60. The Morgan fingerprint density at radius 1 is 1.17 bits per heavy atom. The number of methoxy groups -OCH3 is 1. The molecule has 0 saturated heterocycles. The van der Waals surface area contributed by atoms with Crippen LogP contribution in [0.2, 0.25) is 0 Å². The molecule has 2 aromatic carbocycles. The molecule has 0 aliphatic heterocycles. The van der Waals surface area contributed by atoms with Gasteiger partial charge in [-0.3, -0.25) is 0 Å². The zero-order valence-electron chi connectivity index (χ0n) is 16.8. The summed E-state index contributed by atoms with van der Waals surface area (Å²) in [6, 6.07) is 11.0. The Hall–Kier alpha value is -3.68. The molecule has 1 heterocycles. The van der Waals surface area contributed by atoms with E-state index in [1.165, 1.54) is 31.4 Å². The predicted molar refractivity (Wildman–Crippen MR) is 107 cm³/mol. The molecule has 0 fully saturated rings.